The largest absolute Gasteiger partial charge is 0.198 e. The van der Waals surface area contributed by atoms with Crippen molar-refractivity contribution in [2.75, 3.05) is 0 Å². The number of nitriles is 1. The molecule has 1 aromatic heterocycles. The lowest BCUT2D eigenvalue weighted by Gasteiger charge is -1.97. The van der Waals surface area contributed by atoms with Gasteiger partial charge in [0.05, 0.1) is 12.5 Å². The SMILES string of the molecule is Cc1ccc2sc(CC#N)cc2c1I. The molecule has 0 saturated carbocycles. The van der Waals surface area contributed by atoms with Crippen LogP contribution >= 0.6 is 33.9 Å². The number of thiophene rings is 1. The first kappa shape index (κ1) is 9.94. The fourth-order valence-electron chi connectivity index (χ4n) is 1.40. The van der Waals surface area contributed by atoms with Crippen molar-refractivity contribution in [3.05, 3.63) is 32.2 Å². The van der Waals surface area contributed by atoms with Gasteiger partial charge in [-0.3, -0.25) is 0 Å². The van der Waals surface area contributed by atoms with Crippen LogP contribution in [0.1, 0.15) is 10.4 Å². The van der Waals surface area contributed by atoms with Crippen molar-refractivity contribution >= 4 is 44.0 Å². The highest BCUT2D eigenvalue weighted by molar-refractivity contribution is 14.1. The van der Waals surface area contributed by atoms with Crippen LogP contribution in [0.15, 0.2) is 18.2 Å². The molecule has 0 aliphatic rings. The van der Waals surface area contributed by atoms with Gasteiger partial charge in [0.2, 0.25) is 0 Å². The first-order valence-electron chi connectivity index (χ1n) is 4.27. The summed E-state index contributed by atoms with van der Waals surface area (Å²) in [5.74, 6) is 0. The molecule has 0 unspecified atom stereocenters. The molecule has 1 aromatic carbocycles. The van der Waals surface area contributed by atoms with Crippen LogP contribution in [0, 0.1) is 21.8 Å². The first-order chi connectivity index (χ1) is 6.72. The van der Waals surface area contributed by atoms with Gasteiger partial charge in [0.1, 0.15) is 0 Å². The Morgan fingerprint density at radius 3 is 3.00 bits per heavy atom. The Balaban J connectivity index is 2.66. The van der Waals surface area contributed by atoms with Gasteiger partial charge < -0.3 is 0 Å². The van der Waals surface area contributed by atoms with Crippen LogP contribution in [0.3, 0.4) is 0 Å². The molecule has 0 N–H and O–H groups in total. The summed E-state index contributed by atoms with van der Waals surface area (Å²) in [7, 11) is 0. The average Bonchev–Trinajstić information content (AvgIpc) is 2.56. The molecule has 0 saturated heterocycles. The molecule has 0 amide bonds. The molecule has 2 aromatic rings. The standard InChI is InChI=1S/C11H8INS/c1-7-2-3-10-9(11(7)12)6-8(14-10)4-5-13/h2-3,6H,4H2,1H3. The summed E-state index contributed by atoms with van der Waals surface area (Å²) < 4.78 is 2.59. The summed E-state index contributed by atoms with van der Waals surface area (Å²) in [6.07, 6.45) is 0.522. The second kappa shape index (κ2) is 3.87. The molecule has 0 spiro atoms. The van der Waals surface area contributed by atoms with Gasteiger partial charge in [-0.05, 0) is 47.2 Å². The summed E-state index contributed by atoms with van der Waals surface area (Å²) in [4.78, 5) is 1.16. The van der Waals surface area contributed by atoms with Crippen molar-refractivity contribution in [3.8, 4) is 6.07 Å². The smallest absolute Gasteiger partial charge is 0.0696 e. The molecule has 2 rings (SSSR count). The van der Waals surface area contributed by atoms with Gasteiger partial charge in [0, 0.05) is 18.5 Å². The lowest BCUT2D eigenvalue weighted by molar-refractivity contribution is 1.32. The van der Waals surface area contributed by atoms with Gasteiger partial charge in [-0.1, -0.05) is 6.07 Å². The summed E-state index contributed by atoms with van der Waals surface area (Å²) >= 11 is 4.09. The van der Waals surface area contributed by atoms with Gasteiger partial charge in [-0.15, -0.1) is 11.3 Å². The number of aryl methyl sites for hydroxylation is 1. The average molecular weight is 313 g/mol. The van der Waals surface area contributed by atoms with E-state index >= 15 is 0 Å². The van der Waals surface area contributed by atoms with Gasteiger partial charge in [0.25, 0.3) is 0 Å². The zero-order valence-corrected chi connectivity index (χ0v) is 10.6. The predicted octanol–water partition coefficient (Wildman–Crippen LogP) is 3.88. The predicted molar refractivity (Wildman–Crippen MR) is 68.6 cm³/mol. The van der Waals surface area contributed by atoms with E-state index in [4.69, 9.17) is 5.26 Å². The molecule has 3 heteroatoms. The Morgan fingerprint density at radius 2 is 2.29 bits per heavy atom. The maximum atomic E-state index is 8.62. The third kappa shape index (κ3) is 1.64. The first-order valence-corrected chi connectivity index (χ1v) is 6.16. The highest BCUT2D eigenvalue weighted by Gasteiger charge is 2.06. The Bertz CT molecular complexity index is 522. The van der Waals surface area contributed by atoms with Crippen LogP contribution in [0.5, 0.6) is 0 Å². The minimum atomic E-state index is 0.522. The van der Waals surface area contributed by atoms with Crippen molar-refractivity contribution in [1.29, 1.82) is 5.26 Å². The minimum Gasteiger partial charge on any atom is -0.198 e. The van der Waals surface area contributed by atoms with E-state index in [1.807, 2.05) is 0 Å². The summed E-state index contributed by atoms with van der Waals surface area (Å²) in [5.41, 5.74) is 1.31. The maximum absolute atomic E-state index is 8.62. The fourth-order valence-corrected chi connectivity index (χ4v) is 3.22. The van der Waals surface area contributed by atoms with Crippen molar-refractivity contribution < 1.29 is 0 Å². The summed E-state index contributed by atoms with van der Waals surface area (Å²) in [5, 5.41) is 9.92. The number of hydrogen-bond donors (Lipinski definition) is 0. The van der Waals surface area contributed by atoms with Crippen molar-refractivity contribution in [1.82, 2.24) is 0 Å². The van der Waals surface area contributed by atoms with E-state index in [1.54, 1.807) is 11.3 Å². The molecule has 14 heavy (non-hydrogen) atoms. The van der Waals surface area contributed by atoms with E-state index in [0.29, 0.717) is 6.42 Å². The van der Waals surface area contributed by atoms with Crippen LogP contribution in [0.4, 0.5) is 0 Å². The van der Waals surface area contributed by atoms with Crippen LogP contribution in [-0.4, -0.2) is 0 Å². The van der Waals surface area contributed by atoms with E-state index in [1.165, 1.54) is 19.2 Å². The number of benzene rings is 1. The number of halogens is 1. The van der Waals surface area contributed by atoms with Gasteiger partial charge in [-0.2, -0.15) is 5.26 Å². The Morgan fingerprint density at radius 1 is 1.50 bits per heavy atom. The monoisotopic (exact) mass is 313 g/mol. The lowest BCUT2D eigenvalue weighted by atomic mass is 10.2. The Kier molecular flexibility index (Phi) is 2.75. The topological polar surface area (TPSA) is 23.8 Å². The van der Waals surface area contributed by atoms with Crippen molar-refractivity contribution in [3.63, 3.8) is 0 Å². The highest BCUT2D eigenvalue weighted by atomic mass is 127. The second-order valence-corrected chi connectivity index (χ2v) is 5.40. The van der Waals surface area contributed by atoms with Crippen LogP contribution in [-0.2, 0) is 6.42 Å². The van der Waals surface area contributed by atoms with E-state index in [9.17, 15) is 0 Å². The number of rotatable bonds is 1. The third-order valence-electron chi connectivity index (χ3n) is 2.13. The van der Waals surface area contributed by atoms with Crippen LogP contribution in [0.25, 0.3) is 10.1 Å². The van der Waals surface area contributed by atoms with Gasteiger partial charge in [0.15, 0.2) is 0 Å². The number of nitrogens with zero attached hydrogens (tertiary/aromatic N) is 1. The minimum absolute atomic E-state index is 0.522. The van der Waals surface area contributed by atoms with E-state index in [-0.39, 0.29) is 0 Å². The molecule has 0 bridgehead atoms. The van der Waals surface area contributed by atoms with Crippen LogP contribution in [0.2, 0.25) is 0 Å². The maximum Gasteiger partial charge on any atom is 0.0696 e. The molecule has 1 heterocycles. The normalized spacial score (nSPS) is 10.4. The summed E-state index contributed by atoms with van der Waals surface area (Å²) in [6, 6.07) is 8.60. The zero-order valence-electron chi connectivity index (χ0n) is 7.67. The quantitative estimate of drug-likeness (QED) is 0.733. The molecule has 0 radical (unpaired) electrons. The molecule has 0 aliphatic carbocycles. The molecule has 0 aliphatic heterocycles. The van der Waals surface area contributed by atoms with Crippen molar-refractivity contribution in [2.24, 2.45) is 0 Å². The molecule has 1 nitrogen and oxygen atoms in total. The van der Waals surface area contributed by atoms with Gasteiger partial charge in [-0.25, -0.2) is 0 Å². The zero-order chi connectivity index (χ0) is 10.1. The Hall–Kier alpha value is -0.600. The third-order valence-corrected chi connectivity index (χ3v) is 4.66. The lowest BCUT2D eigenvalue weighted by Crippen LogP contribution is -1.78. The highest BCUT2D eigenvalue weighted by Crippen LogP contribution is 2.31. The molecule has 0 fully saturated rings. The Labute approximate surface area is 101 Å². The summed E-state index contributed by atoms with van der Waals surface area (Å²) in [6.45, 7) is 2.11. The molecular weight excluding hydrogens is 305 g/mol. The van der Waals surface area contributed by atoms with Gasteiger partial charge >= 0.3 is 0 Å². The fraction of sp³-hybridized carbons (Fsp3) is 0.182. The molecular formula is C11H8INS. The van der Waals surface area contributed by atoms with E-state index in [0.717, 1.165) is 4.88 Å². The molecule has 70 valence electrons. The van der Waals surface area contributed by atoms with E-state index in [2.05, 4.69) is 53.8 Å². The van der Waals surface area contributed by atoms with Crippen molar-refractivity contribution in [2.45, 2.75) is 13.3 Å². The van der Waals surface area contributed by atoms with E-state index < -0.39 is 0 Å². The number of hydrogen-bond acceptors (Lipinski definition) is 2. The van der Waals surface area contributed by atoms with Crippen LogP contribution < -0.4 is 0 Å². The molecule has 0 atom stereocenters. The second-order valence-electron chi connectivity index (χ2n) is 3.16. The number of fused-ring (bicyclic) bond motifs is 1.